The molecular formula is C14H21NO2S. The standard InChI is InChI=1S/C14H21NO2S/c1-4-15(13(16)11-6-8-18-10-11)12-5-7-17-14(2,3)9-12/h6,8,10,12H,4-5,7,9H2,1-3H3/t12-/m1/s1. The van der Waals surface area contributed by atoms with Crippen LogP contribution in [0.1, 0.15) is 44.0 Å². The van der Waals surface area contributed by atoms with E-state index in [1.165, 1.54) is 0 Å². The topological polar surface area (TPSA) is 29.5 Å². The van der Waals surface area contributed by atoms with Crippen LogP contribution in [0.15, 0.2) is 16.8 Å². The molecule has 0 unspecified atom stereocenters. The van der Waals surface area contributed by atoms with Crippen LogP contribution in [-0.2, 0) is 4.74 Å². The first-order valence-corrected chi connectivity index (χ1v) is 7.45. The minimum absolute atomic E-state index is 0.120. The smallest absolute Gasteiger partial charge is 0.254 e. The number of rotatable bonds is 3. The summed E-state index contributed by atoms with van der Waals surface area (Å²) in [6.45, 7) is 7.75. The molecule has 1 aliphatic heterocycles. The van der Waals surface area contributed by atoms with E-state index in [1.54, 1.807) is 11.3 Å². The molecule has 18 heavy (non-hydrogen) atoms. The first kappa shape index (κ1) is 13.6. The summed E-state index contributed by atoms with van der Waals surface area (Å²) in [7, 11) is 0. The second-order valence-corrected chi connectivity index (χ2v) is 6.14. The molecule has 1 amide bonds. The van der Waals surface area contributed by atoms with Crippen LogP contribution < -0.4 is 0 Å². The predicted octanol–water partition coefficient (Wildman–Crippen LogP) is 3.17. The van der Waals surface area contributed by atoms with Gasteiger partial charge in [-0.05, 0) is 45.1 Å². The molecule has 1 aliphatic rings. The van der Waals surface area contributed by atoms with Gasteiger partial charge in [0.05, 0.1) is 11.2 Å². The summed E-state index contributed by atoms with van der Waals surface area (Å²) in [6, 6.07) is 2.20. The summed E-state index contributed by atoms with van der Waals surface area (Å²) in [5, 5.41) is 3.88. The quantitative estimate of drug-likeness (QED) is 0.842. The highest BCUT2D eigenvalue weighted by atomic mass is 32.1. The fourth-order valence-electron chi connectivity index (χ4n) is 2.59. The molecule has 0 spiro atoms. The van der Waals surface area contributed by atoms with Crippen molar-refractivity contribution in [3.63, 3.8) is 0 Å². The SMILES string of the molecule is CCN(C(=O)c1ccsc1)[C@@H]1CCOC(C)(C)C1. The van der Waals surface area contributed by atoms with Crippen molar-refractivity contribution >= 4 is 17.2 Å². The second kappa shape index (κ2) is 5.41. The van der Waals surface area contributed by atoms with E-state index in [9.17, 15) is 4.79 Å². The van der Waals surface area contributed by atoms with Gasteiger partial charge < -0.3 is 9.64 Å². The normalized spacial score (nSPS) is 22.7. The number of hydrogen-bond acceptors (Lipinski definition) is 3. The molecule has 2 heterocycles. The zero-order valence-corrected chi connectivity index (χ0v) is 12.1. The van der Waals surface area contributed by atoms with Gasteiger partial charge in [-0.15, -0.1) is 0 Å². The zero-order chi connectivity index (χ0) is 13.2. The maximum Gasteiger partial charge on any atom is 0.254 e. The lowest BCUT2D eigenvalue weighted by Crippen LogP contribution is -2.48. The lowest BCUT2D eigenvalue weighted by Gasteiger charge is -2.40. The fourth-order valence-corrected chi connectivity index (χ4v) is 3.22. The Balaban J connectivity index is 2.11. The largest absolute Gasteiger partial charge is 0.375 e. The number of amides is 1. The van der Waals surface area contributed by atoms with Crippen LogP contribution in [0, 0.1) is 0 Å². The highest BCUT2D eigenvalue weighted by molar-refractivity contribution is 7.08. The van der Waals surface area contributed by atoms with Crippen molar-refractivity contribution in [2.75, 3.05) is 13.2 Å². The molecule has 100 valence electrons. The Morgan fingerprint density at radius 1 is 1.61 bits per heavy atom. The van der Waals surface area contributed by atoms with Crippen molar-refractivity contribution in [3.8, 4) is 0 Å². The Morgan fingerprint density at radius 3 is 2.94 bits per heavy atom. The Hall–Kier alpha value is -0.870. The van der Waals surface area contributed by atoms with E-state index in [4.69, 9.17) is 4.74 Å². The molecule has 3 nitrogen and oxygen atoms in total. The van der Waals surface area contributed by atoms with Crippen molar-refractivity contribution in [2.45, 2.75) is 45.3 Å². The number of carbonyl (C=O) groups is 1. The first-order valence-electron chi connectivity index (χ1n) is 6.50. The van der Waals surface area contributed by atoms with Crippen LogP contribution in [0.4, 0.5) is 0 Å². The Kier molecular flexibility index (Phi) is 4.07. The van der Waals surface area contributed by atoms with Gasteiger partial charge in [0.25, 0.3) is 5.91 Å². The van der Waals surface area contributed by atoms with Crippen molar-refractivity contribution in [1.82, 2.24) is 4.90 Å². The van der Waals surface area contributed by atoms with Gasteiger partial charge in [-0.1, -0.05) is 0 Å². The average molecular weight is 267 g/mol. The van der Waals surface area contributed by atoms with Gasteiger partial charge in [0.2, 0.25) is 0 Å². The summed E-state index contributed by atoms with van der Waals surface area (Å²) in [5.41, 5.74) is 0.691. The molecule has 1 aromatic heterocycles. The second-order valence-electron chi connectivity index (χ2n) is 5.36. The molecule has 1 aromatic rings. The summed E-state index contributed by atoms with van der Waals surface area (Å²) in [5.74, 6) is 0.154. The van der Waals surface area contributed by atoms with Crippen molar-refractivity contribution in [3.05, 3.63) is 22.4 Å². The van der Waals surface area contributed by atoms with E-state index in [0.29, 0.717) is 6.04 Å². The third-order valence-electron chi connectivity index (χ3n) is 3.48. The number of carbonyl (C=O) groups excluding carboxylic acids is 1. The third kappa shape index (κ3) is 2.93. The maximum atomic E-state index is 12.4. The monoisotopic (exact) mass is 267 g/mol. The van der Waals surface area contributed by atoms with Gasteiger partial charge in [0.15, 0.2) is 0 Å². The zero-order valence-electron chi connectivity index (χ0n) is 11.3. The first-order chi connectivity index (χ1) is 8.53. The lowest BCUT2D eigenvalue weighted by atomic mass is 9.92. The van der Waals surface area contributed by atoms with Gasteiger partial charge in [-0.2, -0.15) is 11.3 Å². The lowest BCUT2D eigenvalue weighted by molar-refractivity contribution is -0.0777. The summed E-state index contributed by atoms with van der Waals surface area (Å²) >= 11 is 1.57. The van der Waals surface area contributed by atoms with E-state index in [2.05, 4.69) is 13.8 Å². The minimum atomic E-state index is -0.120. The van der Waals surface area contributed by atoms with Crippen LogP contribution in [-0.4, -0.2) is 35.6 Å². The molecule has 0 N–H and O–H groups in total. The van der Waals surface area contributed by atoms with E-state index in [-0.39, 0.29) is 11.5 Å². The van der Waals surface area contributed by atoms with Gasteiger partial charge in [-0.25, -0.2) is 0 Å². The van der Waals surface area contributed by atoms with Crippen molar-refractivity contribution in [2.24, 2.45) is 0 Å². The fraction of sp³-hybridized carbons (Fsp3) is 0.643. The Labute approximate surface area is 113 Å². The Morgan fingerprint density at radius 2 is 2.39 bits per heavy atom. The number of hydrogen-bond donors (Lipinski definition) is 0. The summed E-state index contributed by atoms with van der Waals surface area (Å²) < 4.78 is 5.72. The number of nitrogens with zero attached hydrogens (tertiary/aromatic N) is 1. The maximum absolute atomic E-state index is 12.4. The molecule has 1 saturated heterocycles. The molecule has 0 bridgehead atoms. The van der Waals surface area contributed by atoms with Crippen LogP contribution in [0.2, 0.25) is 0 Å². The number of ether oxygens (including phenoxy) is 1. The molecule has 4 heteroatoms. The van der Waals surface area contributed by atoms with Gasteiger partial charge in [0.1, 0.15) is 0 Å². The third-order valence-corrected chi connectivity index (χ3v) is 4.16. The summed E-state index contributed by atoms with van der Waals surface area (Å²) in [4.78, 5) is 14.4. The van der Waals surface area contributed by atoms with Crippen LogP contribution in [0.5, 0.6) is 0 Å². The van der Waals surface area contributed by atoms with E-state index in [1.807, 2.05) is 28.7 Å². The summed E-state index contributed by atoms with van der Waals surface area (Å²) in [6.07, 6.45) is 1.85. The average Bonchev–Trinajstić information content (AvgIpc) is 2.82. The van der Waals surface area contributed by atoms with Gasteiger partial charge in [0, 0.05) is 24.6 Å². The predicted molar refractivity (Wildman–Crippen MR) is 74.1 cm³/mol. The highest BCUT2D eigenvalue weighted by Crippen LogP contribution is 2.28. The van der Waals surface area contributed by atoms with Crippen LogP contribution in [0.25, 0.3) is 0 Å². The van der Waals surface area contributed by atoms with E-state index < -0.39 is 0 Å². The van der Waals surface area contributed by atoms with E-state index in [0.717, 1.165) is 31.6 Å². The molecule has 0 aromatic carbocycles. The molecule has 1 fully saturated rings. The molecular weight excluding hydrogens is 246 g/mol. The van der Waals surface area contributed by atoms with Gasteiger partial charge >= 0.3 is 0 Å². The molecule has 0 saturated carbocycles. The minimum Gasteiger partial charge on any atom is -0.375 e. The molecule has 0 radical (unpaired) electrons. The molecule has 1 atom stereocenters. The van der Waals surface area contributed by atoms with Gasteiger partial charge in [-0.3, -0.25) is 4.79 Å². The van der Waals surface area contributed by atoms with Crippen molar-refractivity contribution in [1.29, 1.82) is 0 Å². The van der Waals surface area contributed by atoms with Crippen LogP contribution >= 0.6 is 11.3 Å². The van der Waals surface area contributed by atoms with Crippen LogP contribution in [0.3, 0.4) is 0 Å². The highest BCUT2D eigenvalue weighted by Gasteiger charge is 2.33. The molecule has 0 aliphatic carbocycles. The number of thiophene rings is 1. The van der Waals surface area contributed by atoms with Crippen molar-refractivity contribution < 1.29 is 9.53 Å². The van der Waals surface area contributed by atoms with E-state index >= 15 is 0 Å². The molecule has 2 rings (SSSR count). The Bertz CT molecular complexity index is 400.